The molecule has 0 nitrogen and oxygen atoms in total. The fourth-order valence-corrected chi connectivity index (χ4v) is 3.29. The van der Waals surface area contributed by atoms with E-state index in [0.717, 1.165) is 5.92 Å². The number of hydrogen-bond acceptors (Lipinski definition) is 0. The first-order chi connectivity index (χ1) is 8.45. The van der Waals surface area contributed by atoms with E-state index < -0.39 is 0 Å². The van der Waals surface area contributed by atoms with Crippen molar-refractivity contribution in [3.8, 4) is 0 Å². The quantitative estimate of drug-likeness (QED) is 0.634. The molecule has 2 unspecified atom stereocenters. The second-order valence-electron chi connectivity index (χ2n) is 6.78. The van der Waals surface area contributed by atoms with E-state index in [2.05, 4.69) is 45.0 Å². The molecule has 1 aliphatic rings. The number of halogens is 1. The molecule has 1 aromatic rings. The molecular formula is C17H25Cl. The standard InChI is InChI=1S/C17H25Cl/c1-17(2,3)15-9-7-13(8-10-15)11-14-5-4-6-16(18)12-14/h7-10,14,16H,4-6,11-12H2,1-3H3. The SMILES string of the molecule is CC(C)(C)c1ccc(CC2CCCC(Cl)C2)cc1. The van der Waals surface area contributed by atoms with E-state index in [9.17, 15) is 0 Å². The zero-order valence-electron chi connectivity index (χ0n) is 11.9. The summed E-state index contributed by atoms with van der Waals surface area (Å²) in [6.07, 6.45) is 6.26. The summed E-state index contributed by atoms with van der Waals surface area (Å²) in [6, 6.07) is 9.18. The first-order valence-corrected chi connectivity index (χ1v) is 7.62. The molecule has 2 atom stereocenters. The molecule has 0 aliphatic heterocycles. The van der Waals surface area contributed by atoms with Gasteiger partial charge in [0.2, 0.25) is 0 Å². The lowest BCUT2D eigenvalue weighted by molar-refractivity contribution is 0.361. The summed E-state index contributed by atoms with van der Waals surface area (Å²) in [5.74, 6) is 0.793. The van der Waals surface area contributed by atoms with Gasteiger partial charge in [-0.25, -0.2) is 0 Å². The second kappa shape index (κ2) is 5.65. The van der Waals surface area contributed by atoms with E-state index in [1.54, 1.807) is 0 Å². The topological polar surface area (TPSA) is 0 Å². The van der Waals surface area contributed by atoms with E-state index in [1.807, 2.05) is 0 Å². The van der Waals surface area contributed by atoms with Crippen LogP contribution in [0.25, 0.3) is 0 Å². The minimum atomic E-state index is 0.255. The van der Waals surface area contributed by atoms with Gasteiger partial charge < -0.3 is 0 Å². The average molecular weight is 265 g/mol. The molecule has 0 N–H and O–H groups in total. The smallest absolute Gasteiger partial charge is 0.0338 e. The van der Waals surface area contributed by atoms with Crippen LogP contribution in [-0.4, -0.2) is 5.38 Å². The maximum atomic E-state index is 6.26. The lowest BCUT2D eigenvalue weighted by Crippen LogP contribution is -2.17. The van der Waals surface area contributed by atoms with E-state index >= 15 is 0 Å². The van der Waals surface area contributed by atoms with Gasteiger partial charge in [-0.3, -0.25) is 0 Å². The summed E-state index contributed by atoms with van der Waals surface area (Å²) < 4.78 is 0. The molecule has 0 aromatic heterocycles. The second-order valence-corrected chi connectivity index (χ2v) is 7.40. The van der Waals surface area contributed by atoms with Crippen LogP contribution in [0.5, 0.6) is 0 Å². The van der Waals surface area contributed by atoms with Crippen LogP contribution in [0.4, 0.5) is 0 Å². The lowest BCUT2D eigenvalue weighted by atomic mass is 9.83. The van der Waals surface area contributed by atoms with Crippen molar-refractivity contribution in [2.45, 2.75) is 63.7 Å². The van der Waals surface area contributed by atoms with Gasteiger partial charge in [0.15, 0.2) is 0 Å². The fourth-order valence-electron chi connectivity index (χ4n) is 2.88. The maximum Gasteiger partial charge on any atom is 0.0338 e. The molecule has 1 aromatic carbocycles. The van der Waals surface area contributed by atoms with E-state index in [1.165, 1.54) is 43.2 Å². The van der Waals surface area contributed by atoms with E-state index in [0.29, 0.717) is 5.38 Å². The Morgan fingerprint density at radius 1 is 1.11 bits per heavy atom. The van der Waals surface area contributed by atoms with Crippen LogP contribution in [0.15, 0.2) is 24.3 Å². The minimum Gasteiger partial charge on any atom is -0.123 e. The number of hydrogen-bond donors (Lipinski definition) is 0. The van der Waals surface area contributed by atoms with Crippen molar-refractivity contribution >= 4 is 11.6 Å². The summed E-state index contributed by atoms with van der Waals surface area (Å²) in [6.45, 7) is 6.80. The van der Waals surface area contributed by atoms with Crippen molar-refractivity contribution in [1.82, 2.24) is 0 Å². The molecule has 0 radical (unpaired) electrons. The van der Waals surface area contributed by atoms with Crippen molar-refractivity contribution in [2.75, 3.05) is 0 Å². The zero-order chi connectivity index (χ0) is 13.2. The lowest BCUT2D eigenvalue weighted by Gasteiger charge is -2.25. The third kappa shape index (κ3) is 3.75. The molecule has 0 bridgehead atoms. The van der Waals surface area contributed by atoms with Crippen molar-refractivity contribution in [2.24, 2.45) is 5.92 Å². The summed E-state index contributed by atoms with van der Waals surface area (Å²) in [7, 11) is 0. The molecule has 0 saturated heterocycles. The molecule has 100 valence electrons. The Morgan fingerprint density at radius 2 is 1.78 bits per heavy atom. The summed E-state index contributed by atoms with van der Waals surface area (Å²) in [5, 5.41) is 0.414. The molecule has 1 fully saturated rings. The number of rotatable bonds is 2. The average Bonchev–Trinajstić information content (AvgIpc) is 2.28. The monoisotopic (exact) mass is 264 g/mol. The van der Waals surface area contributed by atoms with Gasteiger partial charge in [-0.1, -0.05) is 57.9 Å². The van der Waals surface area contributed by atoms with Crippen LogP contribution in [-0.2, 0) is 11.8 Å². The largest absolute Gasteiger partial charge is 0.123 e. The van der Waals surface area contributed by atoms with Crippen molar-refractivity contribution in [3.63, 3.8) is 0 Å². The van der Waals surface area contributed by atoms with Crippen LogP contribution in [0.2, 0.25) is 0 Å². The highest BCUT2D eigenvalue weighted by atomic mass is 35.5. The predicted molar refractivity (Wildman–Crippen MR) is 80.4 cm³/mol. The molecule has 0 amide bonds. The Bertz CT molecular complexity index is 372. The Morgan fingerprint density at radius 3 is 2.33 bits per heavy atom. The first kappa shape index (κ1) is 13.9. The highest BCUT2D eigenvalue weighted by Crippen LogP contribution is 2.31. The van der Waals surface area contributed by atoms with E-state index in [-0.39, 0.29) is 5.41 Å². The number of benzene rings is 1. The van der Waals surface area contributed by atoms with Crippen LogP contribution >= 0.6 is 11.6 Å². The number of alkyl halides is 1. The third-order valence-electron chi connectivity index (χ3n) is 4.06. The van der Waals surface area contributed by atoms with Crippen LogP contribution < -0.4 is 0 Å². The minimum absolute atomic E-state index is 0.255. The van der Waals surface area contributed by atoms with Crippen LogP contribution in [0.1, 0.15) is 57.6 Å². The fraction of sp³-hybridized carbons (Fsp3) is 0.647. The van der Waals surface area contributed by atoms with Crippen molar-refractivity contribution < 1.29 is 0 Å². The van der Waals surface area contributed by atoms with Gasteiger partial charge in [0.05, 0.1) is 0 Å². The van der Waals surface area contributed by atoms with Crippen LogP contribution in [0.3, 0.4) is 0 Å². The van der Waals surface area contributed by atoms with Gasteiger partial charge in [0.1, 0.15) is 0 Å². The zero-order valence-corrected chi connectivity index (χ0v) is 12.6. The summed E-state index contributed by atoms with van der Waals surface area (Å²) in [5.41, 5.74) is 3.15. The Labute approximate surface area is 117 Å². The Kier molecular flexibility index (Phi) is 4.37. The van der Waals surface area contributed by atoms with Gasteiger partial charge >= 0.3 is 0 Å². The van der Waals surface area contributed by atoms with Gasteiger partial charge in [-0.2, -0.15) is 0 Å². The van der Waals surface area contributed by atoms with Gasteiger partial charge in [-0.15, -0.1) is 11.6 Å². The van der Waals surface area contributed by atoms with Gasteiger partial charge in [-0.05, 0) is 41.7 Å². The molecule has 18 heavy (non-hydrogen) atoms. The highest BCUT2D eigenvalue weighted by Gasteiger charge is 2.20. The van der Waals surface area contributed by atoms with Crippen LogP contribution in [0, 0.1) is 5.92 Å². The third-order valence-corrected chi connectivity index (χ3v) is 4.46. The van der Waals surface area contributed by atoms with Crippen molar-refractivity contribution in [3.05, 3.63) is 35.4 Å². The van der Waals surface area contributed by atoms with Gasteiger partial charge in [0.25, 0.3) is 0 Å². The highest BCUT2D eigenvalue weighted by molar-refractivity contribution is 6.20. The molecule has 1 heteroatoms. The van der Waals surface area contributed by atoms with Gasteiger partial charge in [0, 0.05) is 5.38 Å². The molecular weight excluding hydrogens is 240 g/mol. The molecule has 0 spiro atoms. The predicted octanol–water partition coefficient (Wildman–Crippen LogP) is 5.32. The van der Waals surface area contributed by atoms with Crippen molar-refractivity contribution in [1.29, 1.82) is 0 Å². The molecule has 0 heterocycles. The first-order valence-electron chi connectivity index (χ1n) is 7.18. The summed E-state index contributed by atoms with van der Waals surface area (Å²) >= 11 is 6.26. The molecule has 1 aliphatic carbocycles. The maximum absolute atomic E-state index is 6.26. The Hall–Kier alpha value is -0.490. The Balaban J connectivity index is 1.98. The molecule has 1 saturated carbocycles. The van der Waals surface area contributed by atoms with E-state index in [4.69, 9.17) is 11.6 Å². The summed E-state index contributed by atoms with van der Waals surface area (Å²) in [4.78, 5) is 0. The molecule has 2 rings (SSSR count). The normalized spacial score (nSPS) is 25.1.